The van der Waals surface area contributed by atoms with E-state index in [1.165, 1.54) is 12.8 Å². The van der Waals surface area contributed by atoms with Gasteiger partial charge in [-0.05, 0) is 55.6 Å². The quantitative estimate of drug-likeness (QED) is 0.689. The molecule has 0 atom stereocenters. The molecule has 0 aliphatic heterocycles. The Morgan fingerprint density at radius 2 is 1.95 bits per heavy atom. The van der Waals surface area contributed by atoms with Crippen molar-refractivity contribution < 1.29 is 9.57 Å². The van der Waals surface area contributed by atoms with Crippen LogP contribution in [0.25, 0.3) is 10.9 Å². The van der Waals surface area contributed by atoms with E-state index in [9.17, 15) is 0 Å². The number of nitrogens with zero attached hydrogens (tertiary/aromatic N) is 2. The van der Waals surface area contributed by atoms with Crippen LogP contribution in [0.2, 0.25) is 0 Å². The lowest BCUT2D eigenvalue weighted by molar-refractivity contribution is -0.0274. The number of aromatic nitrogens is 2. The average Bonchev–Trinajstić information content (AvgIpc) is 2.73. The second kappa shape index (κ2) is 6.90. The van der Waals surface area contributed by atoms with E-state index in [-0.39, 0.29) is 5.60 Å². The summed E-state index contributed by atoms with van der Waals surface area (Å²) in [6.45, 7) is 8.27. The molecule has 0 fully saturated rings. The molecule has 0 amide bonds. The molecule has 0 unspecified atom stereocenters. The highest BCUT2D eigenvalue weighted by Crippen LogP contribution is 2.32. The molecule has 122 valence electrons. The second-order valence-corrected chi connectivity index (χ2v) is 7.34. The first-order valence-electron chi connectivity index (χ1n) is 7.80. The summed E-state index contributed by atoms with van der Waals surface area (Å²) in [4.78, 5) is 7.62. The second-order valence-electron chi connectivity index (χ2n) is 6.48. The molecule has 1 aromatic heterocycles. The number of hydrogen-bond acceptors (Lipinski definition) is 3. The minimum Gasteiger partial charge on any atom is -0.495 e. The molecule has 1 aromatic carbocycles. The van der Waals surface area contributed by atoms with Crippen molar-refractivity contribution in [2.24, 2.45) is 0 Å². The van der Waals surface area contributed by atoms with Gasteiger partial charge in [-0.25, -0.2) is 0 Å². The Morgan fingerprint density at radius 3 is 2.55 bits per heavy atom. The van der Waals surface area contributed by atoms with Crippen LogP contribution in [0.4, 0.5) is 0 Å². The standard InChI is InChI=1S/C17H25BrN2O2/c1-6-7-8-9-14-12-10-13(18)16(21-5)11-15(12)20(19-14)22-17(2,3)4/h10-11H,6-9H2,1-5H3. The summed E-state index contributed by atoms with van der Waals surface area (Å²) in [5, 5.41) is 5.80. The van der Waals surface area contributed by atoms with Crippen LogP contribution < -0.4 is 9.57 Å². The van der Waals surface area contributed by atoms with E-state index in [2.05, 4.69) is 34.0 Å². The third-order valence-electron chi connectivity index (χ3n) is 3.38. The molecular formula is C17H25BrN2O2. The molecule has 0 saturated heterocycles. The first-order chi connectivity index (χ1) is 10.4. The van der Waals surface area contributed by atoms with E-state index in [0.717, 1.165) is 39.7 Å². The summed E-state index contributed by atoms with van der Waals surface area (Å²) in [7, 11) is 1.67. The van der Waals surface area contributed by atoms with Gasteiger partial charge in [0.15, 0.2) is 0 Å². The van der Waals surface area contributed by atoms with Crippen LogP contribution in [0.15, 0.2) is 16.6 Å². The number of methoxy groups -OCH3 is 1. The van der Waals surface area contributed by atoms with E-state index in [0.29, 0.717) is 0 Å². The smallest absolute Gasteiger partial charge is 0.135 e. The number of ether oxygens (including phenoxy) is 1. The van der Waals surface area contributed by atoms with E-state index < -0.39 is 0 Å². The van der Waals surface area contributed by atoms with Crippen LogP contribution in [0.5, 0.6) is 5.75 Å². The maximum atomic E-state index is 5.98. The van der Waals surface area contributed by atoms with Gasteiger partial charge in [0.2, 0.25) is 0 Å². The Hall–Kier alpha value is -1.23. The largest absolute Gasteiger partial charge is 0.495 e. The molecule has 4 nitrogen and oxygen atoms in total. The molecule has 0 bridgehead atoms. The first-order valence-corrected chi connectivity index (χ1v) is 8.59. The Balaban J connectivity index is 2.48. The molecule has 0 saturated carbocycles. The van der Waals surface area contributed by atoms with Crippen molar-refractivity contribution >= 4 is 26.8 Å². The highest BCUT2D eigenvalue weighted by Gasteiger charge is 2.19. The summed E-state index contributed by atoms with van der Waals surface area (Å²) >= 11 is 3.56. The average molecular weight is 369 g/mol. The van der Waals surface area contributed by atoms with E-state index in [1.54, 1.807) is 12.0 Å². The van der Waals surface area contributed by atoms with Gasteiger partial charge in [-0.3, -0.25) is 0 Å². The number of unbranched alkanes of at least 4 members (excludes halogenated alkanes) is 2. The molecule has 1 heterocycles. The number of hydrogen-bond donors (Lipinski definition) is 0. The van der Waals surface area contributed by atoms with Crippen LogP contribution in [0.3, 0.4) is 0 Å². The predicted molar refractivity (Wildman–Crippen MR) is 93.5 cm³/mol. The monoisotopic (exact) mass is 368 g/mol. The number of halogens is 1. The topological polar surface area (TPSA) is 36.3 Å². The van der Waals surface area contributed by atoms with Gasteiger partial charge in [-0.15, -0.1) is 5.10 Å². The van der Waals surface area contributed by atoms with Gasteiger partial charge in [-0.1, -0.05) is 24.6 Å². The molecule has 0 aliphatic carbocycles. The zero-order valence-electron chi connectivity index (χ0n) is 14.1. The fourth-order valence-corrected chi connectivity index (χ4v) is 2.87. The fraction of sp³-hybridized carbons (Fsp3) is 0.588. The van der Waals surface area contributed by atoms with E-state index in [4.69, 9.17) is 9.57 Å². The van der Waals surface area contributed by atoms with Crippen molar-refractivity contribution in [1.82, 2.24) is 9.94 Å². The molecule has 0 aliphatic rings. The van der Waals surface area contributed by atoms with Gasteiger partial charge in [-0.2, -0.15) is 0 Å². The van der Waals surface area contributed by atoms with Gasteiger partial charge in [0.1, 0.15) is 16.9 Å². The van der Waals surface area contributed by atoms with Gasteiger partial charge in [0, 0.05) is 11.5 Å². The molecule has 5 heteroatoms. The Bertz CT molecular complexity index is 644. The molecule has 0 radical (unpaired) electrons. The molecular weight excluding hydrogens is 344 g/mol. The maximum Gasteiger partial charge on any atom is 0.135 e. The van der Waals surface area contributed by atoms with Crippen molar-refractivity contribution in [1.29, 1.82) is 0 Å². The molecule has 2 rings (SSSR count). The molecule has 2 aromatic rings. The minimum atomic E-state index is -0.306. The van der Waals surface area contributed by atoms with Gasteiger partial charge in [0.25, 0.3) is 0 Å². The summed E-state index contributed by atoms with van der Waals surface area (Å²) in [5.74, 6) is 0.784. The maximum absolute atomic E-state index is 5.98. The van der Waals surface area contributed by atoms with Gasteiger partial charge < -0.3 is 9.57 Å². The fourth-order valence-electron chi connectivity index (χ4n) is 2.36. The SMILES string of the molecule is CCCCCc1nn(OC(C)(C)C)c2cc(OC)c(Br)cc12. The van der Waals surface area contributed by atoms with Crippen LogP contribution in [-0.2, 0) is 6.42 Å². The highest BCUT2D eigenvalue weighted by atomic mass is 79.9. The lowest BCUT2D eigenvalue weighted by Crippen LogP contribution is -2.32. The van der Waals surface area contributed by atoms with E-state index in [1.807, 2.05) is 26.8 Å². The number of fused-ring (bicyclic) bond motifs is 1. The van der Waals surface area contributed by atoms with Crippen LogP contribution in [0.1, 0.15) is 52.7 Å². The molecule has 22 heavy (non-hydrogen) atoms. The lowest BCUT2D eigenvalue weighted by Gasteiger charge is -2.20. The Kier molecular flexibility index (Phi) is 5.37. The Morgan fingerprint density at radius 1 is 1.23 bits per heavy atom. The van der Waals surface area contributed by atoms with Crippen LogP contribution in [-0.4, -0.2) is 22.7 Å². The third-order valence-corrected chi connectivity index (χ3v) is 4.00. The zero-order valence-corrected chi connectivity index (χ0v) is 15.7. The first kappa shape index (κ1) is 17.1. The minimum absolute atomic E-state index is 0.306. The molecule has 0 N–H and O–H groups in total. The summed E-state index contributed by atoms with van der Waals surface area (Å²) < 4.78 is 6.34. The Labute approximate surface area is 140 Å². The lowest BCUT2D eigenvalue weighted by atomic mass is 10.1. The van der Waals surface area contributed by atoms with Gasteiger partial charge >= 0.3 is 0 Å². The van der Waals surface area contributed by atoms with Crippen molar-refractivity contribution in [2.75, 3.05) is 7.11 Å². The number of aryl methyl sites for hydroxylation is 1. The normalized spacial score (nSPS) is 11.9. The number of benzene rings is 1. The van der Waals surface area contributed by atoms with E-state index >= 15 is 0 Å². The van der Waals surface area contributed by atoms with Crippen molar-refractivity contribution in [3.8, 4) is 5.75 Å². The summed E-state index contributed by atoms with van der Waals surface area (Å²) in [6, 6.07) is 4.05. The number of rotatable bonds is 6. The zero-order chi connectivity index (χ0) is 16.3. The highest BCUT2D eigenvalue weighted by molar-refractivity contribution is 9.10. The van der Waals surface area contributed by atoms with Crippen LogP contribution in [0, 0.1) is 0 Å². The van der Waals surface area contributed by atoms with Crippen molar-refractivity contribution in [2.45, 2.75) is 59.0 Å². The van der Waals surface area contributed by atoms with Crippen molar-refractivity contribution in [3.63, 3.8) is 0 Å². The predicted octanol–water partition coefficient (Wildman–Crippen LogP) is 4.77. The van der Waals surface area contributed by atoms with Crippen molar-refractivity contribution in [3.05, 3.63) is 22.3 Å². The van der Waals surface area contributed by atoms with Gasteiger partial charge in [0.05, 0.1) is 17.3 Å². The van der Waals surface area contributed by atoms with Crippen LogP contribution >= 0.6 is 15.9 Å². The third kappa shape index (κ3) is 3.94. The molecule has 0 spiro atoms. The summed E-state index contributed by atoms with van der Waals surface area (Å²) in [5.41, 5.74) is 1.72. The summed E-state index contributed by atoms with van der Waals surface area (Å²) in [6.07, 6.45) is 4.52.